The molecule has 8 aliphatic rings. The van der Waals surface area contributed by atoms with Crippen LogP contribution in [-0.4, -0.2) is 123 Å². The Labute approximate surface area is 308 Å². The lowest BCUT2D eigenvalue weighted by atomic mass is 9.41. The number of ether oxygens (including phenoxy) is 6. The molecule has 0 aromatic carbocycles. The largest absolute Gasteiger partial charge is 0.388 e. The summed E-state index contributed by atoms with van der Waals surface area (Å²) >= 11 is 0. The minimum absolute atomic E-state index is 0.0730. The van der Waals surface area contributed by atoms with Crippen molar-refractivity contribution in [3.63, 3.8) is 0 Å². The highest BCUT2D eigenvalue weighted by molar-refractivity contribution is 5.31. The number of fused-ring (bicyclic) bond motifs is 7. The van der Waals surface area contributed by atoms with Gasteiger partial charge in [-0.25, -0.2) is 0 Å². The molecule has 0 aromatic heterocycles. The molecule has 22 atom stereocenters. The summed E-state index contributed by atoms with van der Waals surface area (Å²) in [6.07, 6.45) is -3.57. The molecular weight excluding hydrogens is 672 g/mol. The van der Waals surface area contributed by atoms with Gasteiger partial charge in [0.1, 0.15) is 36.6 Å². The van der Waals surface area contributed by atoms with Gasteiger partial charge in [0.05, 0.1) is 37.1 Å². The normalized spacial score (nSPS) is 60.4. The van der Waals surface area contributed by atoms with E-state index in [0.29, 0.717) is 36.5 Å². The van der Waals surface area contributed by atoms with Crippen LogP contribution in [0.5, 0.6) is 0 Å². The molecule has 7 fully saturated rings. The number of aliphatic hydroxyl groups is 6. The second-order valence-corrected chi connectivity index (χ2v) is 19.0. The number of allylic oxidation sites excluding steroid dienone is 1. The lowest BCUT2D eigenvalue weighted by Crippen LogP contribution is -2.64. The van der Waals surface area contributed by atoms with E-state index in [9.17, 15) is 30.6 Å². The van der Waals surface area contributed by atoms with Crippen molar-refractivity contribution in [2.24, 2.45) is 45.8 Å². The maximum atomic E-state index is 11.1. The van der Waals surface area contributed by atoms with Gasteiger partial charge in [0, 0.05) is 24.2 Å². The quantitative estimate of drug-likeness (QED) is 0.233. The molecule has 1 spiro atoms. The molecule has 4 aliphatic heterocycles. The minimum Gasteiger partial charge on any atom is -0.388 e. The van der Waals surface area contributed by atoms with E-state index in [-0.39, 0.29) is 22.9 Å². The van der Waals surface area contributed by atoms with Gasteiger partial charge in [-0.3, -0.25) is 0 Å². The fourth-order valence-electron chi connectivity index (χ4n) is 13.2. The van der Waals surface area contributed by atoms with Crippen molar-refractivity contribution in [2.45, 2.75) is 185 Å². The van der Waals surface area contributed by atoms with E-state index in [2.05, 4.69) is 40.7 Å². The number of aliphatic hydroxyl groups excluding tert-OH is 6. The summed E-state index contributed by atoms with van der Waals surface area (Å²) in [7, 11) is 0. The fourth-order valence-corrected chi connectivity index (χ4v) is 13.2. The van der Waals surface area contributed by atoms with Gasteiger partial charge in [0.15, 0.2) is 18.4 Å². The Morgan fingerprint density at radius 2 is 1.35 bits per heavy atom. The molecule has 12 heteroatoms. The molecule has 8 rings (SSSR count). The van der Waals surface area contributed by atoms with Crippen LogP contribution in [-0.2, 0) is 28.4 Å². The van der Waals surface area contributed by atoms with E-state index in [1.165, 1.54) is 5.57 Å². The van der Waals surface area contributed by atoms with Crippen molar-refractivity contribution in [3.8, 4) is 0 Å². The Bertz CT molecular complexity index is 1370. The molecule has 12 nitrogen and oxygen atoms in total. The van der Waals surface area contributed by atoms with Gasteiger partial charge in [-0.15, -0.1) is 0 Å². The second kappa shape index (κ2) is 13.2. The Kier molecular flexibility index (Phi) is 9.66. The van der Waals surface area contributed by atoms with Gasteiger partial charge in [-0.2, -0.15) is 0 Å². The second-order valence-electron chi connectivity index (χ2n) is 19.0. The zero-order valence-corrected chi connectivity index (χ0v) is 32.0. The van der Waals surface area contributed by atoms with E-state index >= 15 is 0 Å². The molecule has 7 unspecified atom stereocenters. The zero-order valence-electron chi connectivity index (χ0n) is 32.0. The SMILES string of the molecule is CC1CC[C@@]2(OC1)OC1CC3[C@]4(C)CC=C5C[C@@H](O[C@@H]6O[C@@H](C)[C@H](O)[C@@H](O)[C@H]6O)C[C@@H](O[C@@H]6O[C@H](C)[C@H](O)[C@H](O)C6O)[C@]5(C)C4CC[C@]3(C)C1C2C. The van der Waals surface area contributed by atoms with E-state index in [1.807, 2.05) is 0 Å². The van der Waals surface area contributed by atoms with Gasteiger partial charge < -0.3 is 59.1 Å². The summed E-state index contributed by atoms with van der Waals surface area (Å²) < 4.78 is 38.7. The third-order valence-electron chi connectivity index (χ3n) is 16.2. The van der Waals surface area contributed by atoms with Gasteiger partial charge in [-0.1, -0.05) is 46.3 Å². The van der Waals surface area contributed by atoms with Crippen LogP contribution in [0.3, 0.4) is 0 Å². The first-order valence-corrected chi connectivity index (χ1v) is 20.2. The van der Waals surface area contributed by atoms with Crippen LogP contribution >= 0.6 is 0 Å². The topological polar surface area (TPSA) is 177 Å². The first-order chi connectivity index (χ1) is 24.4. The summed E-state index contributed by atoms with van der Waals surface area (Å²) in [5.74, 6) is 1.43. The smallest absolute Gasteiger partial charge is 0.186 e. The van der Waals surface area contributed by atoms with E-state index in [0.717, 1.165) is 45.1 Å². The highest BCUT2D eigenvalue weighted by Crippen LogP contribution is 2.74. The van der Waals surface area contributed by atoms with Gasteiger partial charge in [-0.05, 0) is 86.9 Å². The molecule has 4 saturated heterocycles. The monoisotopic (exact) mass is 736 g/mol. The van der Waals surface area contributed by atoms with E-state index in [1.54, 1.807) is 13.8 Å². The predicted octanol–water partition coefficient (Wildman–Crippen LogP) is 2.78. The van der Waals surface area contributed by atoms with Crippen LogP contribution in [0.15, 0.2) is 11.6 Å². The van der Waals surface area contributed by atoms with Crippen molar-refractivity contribution in [2.75, 3.05) is 6.61 Å². The zero-order chi connectivity index (χ0) is 37.3. The molecule has 4 aliphatic carbocycles. The highest BCUT2D eigenvalue weighted by Gasteiger charge is 2.72. The Balaban J connectivity index is 1.10. The molecule has 52 heavy (non-hydrogen) atoms. The van der Waals surface area contributed by atoms with Crippen molar-refractivity contribution in [3.05, 3.63) is 11.6 Å². The minimum atomic E-state index is -1.46. The van der Waals surface area contributed by atoms with E-state index in [4.69, 9.17) is 28.4 Å². The summed E-state index contributed by atoms with van der Waals surface area (Å²) in [6.45, 7) is 15.9. The van der Waals surface area contributed by atoms with Gasteiger partial charge in [0.25, 0.3) is 0 Å². The van der Waals surface area contributed by atoms with Crippen LogP contribution in [0.4, 0.5) is 0 Å². The van der Waals surface area contributed by atoms with Crippen LogP contribution in [0.1, 0.15) is 99.8 Å². The molecule has 0 bridgehead atoms. The first kappa shape index (κ1) is 38.1. The fraction of sp³-hybridized carbons (Fsp3) is 0.950. The van der Waals surface area contributed by atoms with Crippen LogP contribution in [0.2, 0.25) is 0 Å². The van der Waals surface area contributed by atoms with Gasteiger partial charge in [0.2, 0.25) is 0 Å². The Morgan fingerprint density at radius 1 is 0.712 bits per heavy atom. The third-order valence-corrected chi connectivity index (χ3v) is 16.2. The van der Waals surface area contributed by atoms with Gasteiger partial charge >= 0.3 is 0 Å². The maximum absolute atomic E-state index is 11.1. The van der Waals surface area contributed by atoms with Crippen LogP contribution < -0.4 is 0 Å². The summed E-state index contributed by atoms with van der Waals surface area (Å²) in [5, 5.41) is 64.0. The molecule has 296 valence electrons. The molecule has 0 radical (unpaired) electrons. The molecular formula is C40H64O12. The van der Waals surface area contributed by atoms with Crippen molar-refractivity contribution in [1.82, 2.24) is 0 Å². The average Bonchev–Trinajstić information content (AvgIpc) is 3.56. The molecule has 3 saturated carbocycles. The van der Waals surface area contributed by atoms with E-state index < -0.39 is 84.8 Å². The molecule has 0 aromatic rings. The average molecular weight is 737 g/mol. The first-order valence-electron chi connectivity index (χ1n) is 20.2. The van der Waals surface area contributed by atoms with Crippen molar-refractivity contribution in [1.29, 1.82) is 0 Å². The Hall–Kier alpha value is -0.740. The number of hydrogen-bond donors (Lipinski definition) is 6. The molecule has 0 amide bonds. The van der Waals surface area contributed by atoms with Crippen molar-refractivity contribution >= 4 is 0 Å². The van der Waals surface area contributed by atoms with Crippen molar-refractivity contribution < 1.29 is 59.1 Å². The molecule has 4 heterocycles. The summed E-state index contributed by atoms with van der Waals surface area (Å²) in [4.78, 5) is 0. The summed E-state index contributed by atoms with van der Waals surface area (Å²) in [5.41, 5.74) is 0.712. The number of hydrogen-bond acceptors (Lipinski definition) is 12. The third kappa shape index (κ3) is 5.51. The lowest BCUT2D eigenvalue weighted by molar-refractivity contribution is -0.330. The Morgan fingerprint density at radius 3 is 1.96 bits per heavy atom. The van der Waals surface area contributed by atoms with Crippen LogP contribution in [0.25, 0.3) is 0 Å². The van der Waals surface area contributed by atoms with Crippen LogP contribution in [0, 0.1) is 45.8 Å². The summed E-state index contributed by atoms with van der Waals surface area (Å²) in [6, 6.07) is 0. The standard InChI is InChI=1S/C40H64O12/c1-18-8-13-40(47-17-18)19(2)28-24(52-40)16-26-37(5)11-9-22-14-23(50-35-33(45)31(43)29(41)20(3)48-35)15-27(39(22,7)25(37)10-12-38(26,28)6)51-36-34(46)32(44)30(42)21(4)49-36/h9,18-21,23-36,41-46H,8,10-17H2,1-7H3/t18?,19?,20-,21+,23+,24?,25?,26?,27+,28?,29-,30-,31+,32-,33+,34?,35-,36-,37+,38-,39-,40+/m0/s1. The lowest BCUT2D eigenvalue weighted by Gasteiger charge is -2.65. The highest BCUT2D eigenvalue weighted by atomic mass is 16.7. The predicted molar refractivity (Wildman–Crippen MR) is 186 cm³/mol. The molecule has 6 N–H and O–H groups in total. The number of rotatable bonds is 4. The maximum Gasteiger partial charge on any atom is 0.186 e.